The summed E-state index contributed by atoms with van der Waals surface area (Å²) in [6.07, 6.45) is 3.76. The van der Waals surface area contributed by atoms with Gasteiger partial charge in [0.25, 0.3) is 0 Å². The molecule has 1 aliphatic rings. The molecule has 0 radical (unpaired) electrons. The molecule has 0 saturated carbocycles. The number of rotatable bonds is 1. The molecule has 2 rings (SSSR count). The Morgan fingerprint density at radius 1 is 1.67 bits per heavy atom. The first-order valence-electron chi connectivity index (χ1n) is 2.70. The Kier molecular flexibility index (Phi) is 1.23. The van der Waals surface area contributed by atoms with E-state index in [1.807, 2.05) is 28.7 Å². The molecule has 1 saturated heterocycles. The quantitative estimate of drug-likeness (QED) is 0.491. The molecule has 2 unspecified atom stereocenters. The fourth-order valence-electron chi connectivity index (χ4n) is 0.722. The normalized spacial score (nSPS) is 32.6. The lowest BCUT2D eigenvalue weighted by molar-refractivity contribution is 0.681. The van der Waals surface area contributed by atoms with Crippen LogP contribution in [0.4, 0.5) is 0 Å². The zero-order valence-electron chi connectivity index (χ0n) is 4.64. The topological polar surface area (TPSA) is 17.8 Å². The Morgan fingerprint density at radius 3 is 2.89 bits per heavy atom. The van der Waals surface area contributed by atoms with Crippen LogP contribution in [0.2, 0.25) is 0 Å². The van der Waals surface area contributed by atoms with Crippen LogP contribution in [0, 0.1) is 0 Å². The standard InChI is InChI=1S/C5H6N2S2/c8-5-4(9-5)7-3-1-2-6-7/h1-5,8H. The van der Waals surface area contributed by atoms with Crippen LogP contribution >= 0.6 is 24.4 Å². The van der Waals surface area contributed by atoms with Crippen molar-refractivity contribution in [3.8, 4) is 0 Å². The molecule has 0 bridgehead atoms. The molecule has 4 heteroatoms. The summed E-state index contributed by atoms with van der Waals surface area (Å²) in [6, 6.07) is 1.93. The van der Waals surface area contributed by atoms with Crippen molar-refractivity contribution >= 4 is 24.4 Å². The van der Waals surface area contributed by atoms with E-state index in [0.29, 0.717) is 9.96 Å². The molecular formula is C5H6N2S2. The van der Waals surface area contributed by atoms with E-state index in [2.05, 4.69) is 17.7 Å². The molecule has 1 aromatic rings. The van der Waals surface area contributed by atoms with Crippen molar-refractivity contribution in [2.24, 2.45) is 0 Å². The summed E-state index contributed by atoms with van der Waals surface area (Å²) in [5.74, 6) is 0. The zero-order chi connectivity index (χ0) is 6.27. The van der Waals surface area contributed by atoms with Gasteiger partial charge in [-0.3, -0.25) is 4.68 Å². The number of aromatic nitrogens is 2. The third-order valence-corrected chi connectivity index (χ3v) is 3.07. The number of nitrogens with zero attached hydrogens (tertiary/aromatic N) is 2. The molecule has 2 nitrogen and oxygen atoms in total. The van der Waals surface area contributed by atoms with Crippen molar-refractivity contribution in [2.75, 3.05) is 0 Å². The van der Waals surface area contributed by atoms with Gasteiger partial charge in [0.1, 0.15) is 5.37 Å². The van der Waals surface area contributed by atoms with E-state index in [1.165, 1.54) is 0 Å². The van der Waals surface area contributed by atoms with E-state index in [1.54, 1.807) is 6.20 Å². The Labute approximate surface area is 63.0 Å². The van der Waals surface area contributed by atoms with Gasteiger partial charge in [0, 0.05) is 12.4 Å². The van der Waals surface area contributed by atoms with Gasteiger partial charge in [0.2, 0.25) is 0 Å². The van der Waals surface area contributed by atoms with Gasteiger partial charge in [-0.1, -0.05) is 0 Å². The molecule has 48 valence electrons. The average molecular weight is 158 g/mol. The smallest absolute Gasteiger partial charge is 0.119 e. The maximum atomic E-state index is 4.26. The summed E-state index contributed by atoms with van der Waals surface area (Å²) in [6.45, 7) is 0. The first-order chi connectivity index (χ1) is 4.38. The fraction of sp³-hybridized carbons (Fsp3) is 0.400. The Bertz CT molecular complexity index is 197. The molecule has 0 N–H and O–H groups in total. The molecule has 0 amide bonds. The average Bonchev–Trinajstić information content (AvgIpc) is 2.44. The van der Waals surface area contributed by atoms with Crippen molar-refractivity contribution in [1.29, 1.82) is 0 Å². The highest BCUT2D eigenvalue weighted by Gasteiger charge is 2.37. The second-order valence-electron chi connectivity index (χ2n) is 1.90. The van der Waals surface area contributed by atoms with Crippen LogP contribution in [-0.2, 0) is 0 Å². The predicted molar refractivity (Wildman–Crippen MR) is 41.6 cm³/mol. The summed E-state index contributed by atoms with van der Waals surface area (Å²) >= 11 is 6.07. The van der Waals surface area contributed by atoms with Crippen molar-refractivity contribution in [3.63, 3.8) is 0 Å². The van der Waals surface area contributed by atoms with Crippen LogP contribution in [0.3, 0.4) is 0 Å². The SMILES string of the molecule is SC1SC1n1cccn1. The van der Waals surface area contributed by atoms with Crippen LogP contribution in [-0.4, -0.2) is 14.4 Å². The van der Waals surface area contributed by atoms with Gasteiger partial charge >= 0.3 is 0 Å². The highest BCUT2D eigenvalue weighted by molar-refractivity contribution is 8.17. The summed E-state index contributed by atoms with van der Waals surface area (Å²) in [5, 5.41) is 4.56. The van der Waals surface area contributed by atoms with Gasteiger partial charge < -0.3 is 0 Å². The molecule has 1 aliphatic heterocycles. The van der Waals surface area contributed by atoms with Gasteiger partial charge in [-0.15, -0.1) is 11.8 Å². The van der Waals surface area contributed by atoms with E-state index in [0.717, 1.165) is 0 Å². The highest BCUT2D eigenvalue weighted by atomic mass is 32.2. The summed E-state index contributed by atoms with van der Waals surface area (Å²) in [7, 11) is 0. The van der Waals surface area contributed by atoms with Crippen LogP contribution in [0.25, 0.3) is 0 Å². The van der Waals surface area contributed by atoms with E-state index in [9.17, 15) is 0 Å². The fourth-order valence-corrected chi connectivity index (χ4v) is 1.80. The van der Waals surface area contributed by atoms with Crippen LogP contribution in [0.15, 0.2) is 18.5 Å². The van der Waals surface area contributed by atoms with Crippen molar-refractivity contribution in [2.45, 2.75) is 9.96 Å². The number of hydrogen-bond acceptors (Lipinski definition) is 3. The van der Waals surface area contributed by atoms with Crippen molar-refractivity contribution in [1.82, 2.24) is 9.78 Å². The highest BCUT2D eigenvalue weighted by Crippen LogP contribution is 2.52. The molecule has 0 aliphatic carbocycles. The Hall–Kier alpha value is -0.0900. The van der Waals surface area contributed by atoms with Gasteiger partial charge in [-0.05, 0) is 6.07 Å². The van der Waals surface area contributed by atoms with Gasteiger partial charge in [-0.2, -0.15) is 17.7 Å². The summed E-state index contributed by atoms with van der Waals surface area (Å²) in [5.41, 5.74) is 0. The second kappa shape index (κ2) is 1.95. The van der Waals surface area contributed by atoms with E-state index in [-0.39, 0.29) is 0 Å². The minimum absolute atomic E-state index is 0.463. The molecular weight excluding hydrogens is 152 g/mol. The molecule has 1 aromatic heterocycles. The maximum absolute atomic E-state index is 4.26. The maximum Gasteiger partial charge on any atom is 0.119 e. The molecule has 1 fully saturated rings. The number of thiol groups is 1. The lowest BCUT2D eigenvalue weighted by Crippen LogP contribution is -1.94. The molecule has 9 heavy (non-hydrogen) atoms. The van der Waals surface area contributed by atoms with Crippen LogP contribution in [0.5, 0.6) is 0 Å². The first-order valence-corrected chi connectivity index (χ1v) is 4.16. The molecule has 0 spiro atoms. The lowest BCUT2D eigenvalue weighted by Gasteiger charge is -1.91. The third-order valence-electron chi connectivity index (χ3n) is 1.23. The minimum Gasteiger partial charge on any atom is -0.258 e. The second-order valence-corrected chi connectivity index (χ2v) is 4.07. The van der Waals surface area contributed by atoms with Crippen molar-refractivity contribution in [3.05, 3.63) is 18.5 Å². The van der Waals surface area contributed by atoms with Gasteiger partial charge in [-0.25, -0.2) is 0 Å². The van der Waals surface area contributed by atoms with Crippen molar-refractivity contribution < 1.29 is 0 Å². The van der Waals surface area contributed by atoms with Crippen LogP contribution in [0.1, 0.15) is 5.37 Å². The van der Waals surface area contributed by atoms with E-state index >= 15 is 0 Å². The Balaban J connectivity index is 2.18. The zero-order valence-corrected chi connectivity index (χ0v) is 6.35. The van der Waals surface area contributed by atoms with E-state index < -0.39 is 0 Å². The largest absolute Gasteiger partial charge is 0.258 e. The first kappa shape index (κ1) is 5.68. The van der Waals surface area contributed by atoms with Gasteiger partial charge in [0.15, 0.2) is 0 Å². The van der Waals surface area contributed by atoms with Crippen LogP contribution < -0.4 is 0 Å². The lowest BCUT2D eigenvalue weighted by atomic mass is 10.7. The molecule has 2 atom stereocenters. The summed E-state index contributed by atoms with van der Waals surface area (Å²) < 4.78 is 2.40. The molecule has 0 aromatic carbocycles. The number of thioether (sulfide) groups is 1. The third kappa shape index (κ3) is 0.966. The summed E-state index contributed by atoms with van der Waals surface area (Å²) in [4.78, 5) is 0. The molecule has 2 heterocycles. The number of hydrogen-bond donors (Lipinski definition) is 1. The minimum atomic E-state index is 0.463. The van der Waals surface area contributed by atoms with E-state index in [4.69, 9.17) is 0 Å². The monoisotopic (exact) mass is 158 g/mol. The van der Waals surface area contributed by atoms with Gasteiger partial charge in [0.05, 0.1) is 4.58 Å². The predicted octanol–water partition coefficient (Wildman–Crippen LogP) is 1.38. The Morgan fingerprint density at radius 2 is 2.44 bits per heavy atom.